The van der Waals surface area contributed by atoms with Gasteiger partial charge in [-0.15, -0.1) is 0 Å². The number of hydrogen-bond donors (Lipinski definition) is 2. The molecule has 2 atom stereocenters. The number of aliphatic hydroxyl groups excluding tert-OH is 1. The van der Waals surface area contributed by atoms with Crippen molar-refractivity contribution in [2.24, 2.45) is 11.7 Å². The van der Waals surface area contributed by atoms with Crippen molar-refractivity contribution < 1.29 is 14.7 Å². The predicted octanol–water partition coefficient (Wildman–Crippen LogP) is 5.06. The Balaban J connectivity index is 1.63. The fourth-order valence-electron chi connectivity index (χ4n) is 7.47. The van der Waals surface area contributed by atoms with Gasteiger partial charge in [-0.25, -0.2) is 0 Å². The number of ketones is 1. The number of Topliss-reactive ketones (excluding diaryl/α,β-unsaturated/α-hetero) is 1. The number of carbonyl (C=O) groups excluding carboxylic acids is 2. The number of aryl methyl sites for hydroxylation is 2. The Labute approximate surface area is 270 Å². The Hall–Kier alpha value is -2.78. The van der Waals surface area contributed by atoms with Crippen molar-refractivity contribution in [3.8, 4) is 0 Å². The lowest BCUT2D eigenvalue weighted by atomic mass is 9.67. The third-order valence-corrected chi connectivity index (χ3v) is 10.0. The van der Waals surface area contributed by atoms with E-state index in [9.17, 15) is 14.7 Å². The van der Waals surface area contributed by atoms with Crippen molar-refractivity contribution >= 4 is 34.9 Å². The first-order chi connectivity index (χ1) is 21.2. The minimum Gasteiger partial charge on any atom is -0.395 e. The van der Waals surface area contributed by atoms with Crippen molar-refractivity contribution in [2.45, 2.75) is 44.8 Å². The van der Waals surface area contributed by atoms with Gasteiger partial charge in [0.25, 0.3) is 5.91 Å². The summed E-state index contributed by atoms with van der Waals surface area (Å²) in [7, 11) is 0. The summed E-state index contributed by atoms with van der Waals surface area (Å²) in [6.45, 7) is 7.17. The monoisotopic (exact) mass is 636 g/mol. The highest BCUT2D eigenvalue weighted by Gasteiger charge is 2.58. The summed E-state index contributed by atoms with van der Waals surface area (Å²) in [5.41, 5.74) is 9.42. The second kappa shape index (κ2) is 14.1. The Morgan fingerprint density at radius 1 is 0.909 bits per heavy atom. The van der Waals surface area contributed by atoms with Crippen molar-refractivity contribution in [3.63, 3.8) is 0 Å². The van der Waals surface area contributed by atoms with Crippen LogP contribution in [0.3, 0.4) is 0 Å². The summed E-state index contributed by atoms with van der Waals surface area (Å²) in [5, 5.41) is 10.9. The van der Waals surface area contributed by atoms with Crippen LogP contribution >= 0.6 is 23.2 Å². The van der Waals surface area contributed by atoms with Gasteiger partial charge in [0, 0.05) is 31.7 Å². The summed E-state index contributed by atoms with van der Waals surface area (Å²) in [6, 6.07) is 21.0. The van der Waals surface area contributed by atoms with Crippen molar-refractivity contribution in [1.29, 1.82) is 0 Å². The average molecular weight is 638 g/mol. The second-order valence-electron chi connectivity index (χ2n) is 12.2. The summed E-state index contributed by atoms with van der Waals surface area (Å²) >= 11 is 13.0. The topological polar surface area (TPSA) is 90.1 Å². The number of halogens is 2. The average Bonchev–Trinajstić information content (AvgIpc) is 3.02. The summed E-state index contributed by atoms with van der Waals surface area (Å²) < 4.78 is 0. The molecular weight excluding hydrogens is 595 g/mol. The van der Waals surface area contributed by atoms with E-state index in [4.69, 9.17) is 28.9 Å². The molecule has 44 heavy (non-hydrogen) atoms. The molecule has 3 aromatic rings. The molecule has 0 aliphatic carbocycles. The maximum Gasteiger partial charge on any atom is 0.254 e. The number of carbonyl (C=O) groups is 2. The van der Waals surface area contributed by atoms with Crippen LogP contribution < -0.4 is 5.73 Å². The summed E-state index contributed by atoms with van der Waals surface area (Å²) in [5.74, 6) is -0.325. The number of benzene rings is 3. The SMILES string of the molecule is Cc1cc(C)cc(C(=O)N2CCN(CCO)C(C(=O)CN)(c3ccc(Cl)c(Cl)c3)C2C2CCN(Cc3ccccc3)CC2)c1. The van der Waals surface area contributed by atoms with Crippen LogP contribution in [0, 0.1) is 19.8 Å². The van der Waals surface area contributed by atoms with Gasteiger partial charge in [-0.05, 0) is 81.1 Å². The Morgan fingerprint density at radius 2 is 1.59 bits per heavy atom. The highest BCUT2D eigenvalue weighted by atomic mass is 35.5. The Kier molecular flexibility index (Phi) is 10.5. The molecule has 7 nitrogen and oxygen atoms in total. The van der Waals surface area contributed by atoms with Gasteiger partial charge >= 0.3 is 0 Å². The third-order valence-electron chi connectivity index (χ3n) is 9.27. The van der Waals surface area contributed by atoms with Crippen molar-refractivity contribution in [1.82, 2.24) is 14.7 Å². The first-order valence-corrected chi connectivity index (χ1v) is 16.1. The van der Waals surface area contributed by atoms with E-state index < -0.39 is 11.6 Å². The largest absolute Gasteiger partial charge is 0.395 e. The van der Waals surface area contributed by atoms with Gasteiger partial charge in [0.1, 0.15) is 5.54 Å². The molecule has 0 aromatic heterocycles. The van der Waals surface area contributed by atoms with E-state index >= 15 is 0 Å². The number of piperazine rings is 1. The molecule has 0 spiro atoms. The smallest absolute Gasteiger partial charge is 0.254 e. The normalized spacial score (nSPS) is 21.9. The minimum atomic E-state index is -1.31. The van der Waals surface area contributed by atoms with Crippen molar-refractivity contribution in [2.75, 3.05) is 45.9 Å². The molecule has 0 bridgehead atoms. The van der Waals surface area contributed by atoms with E-state index in [2.05, 4.69) is 29.2 Å². The first kappa shape index (κ1) is 32.6. The van der Waals surface area contributed by atoms with Crippen LogP contribution in [0.15, 0.2) is 66.7 Å². The van der Waals surface area contributed by atoms with Gasteiger partial charge in [-0.2, -0.15) is 0 Å². The zero-order valence-corrected chi connectivity index (χ0v) is 27.0. The van der Waals surface area contributed by atoms with Crippen LogP contribution in [0.1, 0.15) is 45.5 Å². The highest BCUT2D eigenvalue weighted by Crippen LogP contribution is 2.46. The molecule has 9 heteroatoms. The molecular formula is C35H42Cl2N4O3. The van der Waals surface area contributed by atoms with E-state index in [0.29, 0.717) is 34.3 Å². The maximum atomic E-state index is 14.5. The number of rotatable bonds is 9. The second-order valence-corrected chi connectivity index (χ2v) is 13.0. The zero-order valence-electron chi connectivity index (χ0n) is 25.5. The van der Waals surface area contributed by atoms with Gasteiger partial charge in [-0.3, -0.25) is 19.4 Å². The molecule has 2 aliphatic rings. The molecule has 2 aliphatic heterocycles. The van der Waals surface area contributed by atoms with Gasteiger partial charge in [0.05, 0.1) is 29.2 Å². The lowest BCUT2D eigenvalue weighted by Crippen LogP contribution is -2.73. The molecule has 3 aromatic carbocycles. The van der Waals surface area contributed by atoms with Crippen LogP contribution in [0.2, 0.25) is 10.0 Å². The highest BCUT2D eigenvalue weighted by molar-refractivity contribution is 6.42. The van der Waals surface area contributed by atoms with E-state index in [1.54, 1.807) is 12.1 Å². The number of β-amino-alcohol motifs (C(OH)–C–C–N with tert-alkyl or cyclic N) is 1. The minimum absolute atomic E-state index is 0.0108. The van der Waals surface area contributed by atoms with E-state index in [1.165, 1.54) is 5.56 Å². The summed E-state index contributed by atoms with van der Waals surface area (Å²) in [4.78, 5) is 35.4. The molecule has 3 N–H and O–H groups in total. The van der Waals surface area contributed by atoms with Crippen LogP contribution in [-0.2, 0) is 16.9 Å². The lowest BCUT2D eigenvalue weighted by molar-refractivity contribution is -0.146. The number of nitrogens with two attached hydrogens (primary N) is 1. The molecule has 1 amide bonds. The number of piperidine rings is 1. The van der Waals surface area contributed by atoms with Crippen molar-refractivity contribution in [3.05, 3.63) is 105 Å². The maximum absolute atomic E-state index is 14.5. The standard InChI is InChI=1S/C35H42Cl2N4O3/c1-24-18-25(2)20-28(19-24)34(44)41-15-14-40(16-17-42)35(32(43)22-38,29-8-9-30(36)31(37)21-29)33(41)27-10-12-39(13-11-27)23-26-6-4-3-5-7-26/h3-9,18-21,27,33,42H,10-17,22-23,38H2,1-2H3. The fourth-order valence-corrected chi connectivity index (χ4v) is 7.76. The van der Waals surface area contributed by atoms with Gasteiger partial charge < -0.3 is 15.7 Å². The van der Waals surface area contributed by atoms with E-state index in [1.807, 2.05) is 54.0 Å². The van der Waals surface area contributed by atoms with E-state index in [0.717, 1.165) is 43.6 Å². The Morgan fingerprint density at radius 3 is 2.20 bits per heavy atom. The summed E-state index contributed by atoms with van der Waals surface area (Å²) in [6.07, 6.45) is 1.59. The third kappa shape index (κ3) is 6.45. The van der Waals surface area contributed by atoms with Gasteiger partial charge in [0.2, 0.25) is 0 Å². The molecule has 0 radical (unpaired) electrons. The molecule has 5 rings (SSSR count). The number of likely N-dealkylation sites (tertiary alicyclic amines) is 1. The molecule has 2 unspecified atom stereocenters. The molecule has 2 fully saturated rings. The fraction of sp³-hybridized carbons (Fsp3) is 0.429. The lowest BCUT2D eigenvalue weighted by Gasteiger charge is -2.58. The number of aliphatic hydroxyl groups is 1. The van der Waals surface area contributed by atoms with Crippen LogP contribution in [0.25, 0.3) is 0 Å². The first-order valence-electron chi connectivity index (χ1n) is 15.4. The molecule has 2 heterocycles. The van der Waals surface area contributed by atoms with Crippen LogP contribution in [-0.4, -0.2) is 83.4 Å². The molecule has 0 saturated carbocycles. The van der Waals surface area contributed by atoms with Gasteiger partial charge in [0.15, 0.2) is 5.78 Å². The zero-order chi connectivity index (χ0) is 31.4. The molecule has 234 valence electrons. The predicted molar refractivity (Wildman–Crippen MR) is 176 cm³/mol. The quantitative estimate of drug-likeness (QED) is 0.341. The Bertz CT molecular complexity index is 1460. The molecule has 2 saturated heterocycles. The van der Waals surface area contributed by atoms with Crippen LogP contribution in [0.5, 0.6) is 0 Å². The number of nitrogens with zero attached hydrogens (tertiary/aromatic N) is 3. The van der Waals surface area contributed by atoms with Crippen LogP contribution in [0.4, 0.5) is 0 Å². The van der Waals surface area contributed by atoms with Gasteiger partial charge in [-0.1, -0.05) is 76.8 Å². The number of amides is 1. The van der Waals surface area contributed by atoms with E-state index in [-0.39, 0.29) is 37.3 Å². The number of hydrogen-bond acceptors (Lipinski definition) is 6.